The summed E-state index contributed by atoms with van der Waals surface area (Å²) < 4.78 is 31.9. The minimum Gasteiger partial charge on any atom is -0.497 e. The Bertz CT molecular complexity index is 1330. The van der Waals surface area contributed by atoms with Crippen LogP contribution in [-0.2, 0) is 0 Å². The summed E-state index contributed by atoms with van der Waals surface area (Å²) in [5.41, 5.74) is 2.66. The number of nitrogens with zero attached hydrogens (tertiary/aromatic N) is 2. The Morgan fingerprint density at radius 1 is 0.800 bits per heavy atom. The fourth-order valence-electron chi connectivity index (χ4n) is 3.15. The fourth-order valence-corrected chi connectivity index (χ4v) is 3.15. The van der Waals surface area contributed by atoms with Crippen LogP contribution in [0.15, 0.2) is 72.8 Å². The first-order chi connectivity index (χ1) is 16.9. The molecule has 4 rings (SSSR count). The molecule has 8 nitrogen and oxygen atoms in total. The van der Waals surface area contributed by atoms with Crippen LogP contribution in [0, 0.1) is 18.6 Å². The number of rotatable bonds is 7. The number of anilines is 6. The zero-order chi connectivity index (χ0) is 24.8. The van der Waals surface area contributed by atoms with Crippen LogP contribution in [0.1, 0.15) is 5.69 Å². The van der Waals surface area contributed by atoms with Crippen LogP contribution in [0.5, 0.6) is 5.75 Å². The van der Waals surface area contributed by atoms with Crippen LogP contribution in [0.25, 0.3) is 0 Å². The van der Waals surface area contributed by atoms with Crippen molar-refractivity contribution in [3.63, 3.8) is 0 Å². The van der Waals surface area contributed by atoms with E-state index in [0.717, 1.165) is 29.3 Å². The Hall–Kier alpha value is -4.73. The highest BCUT2D eigenvalue weighted by Crippen LogP contribution is 2.22. The number of urea groups is 1. The molecule has 1 aromatic heterocycles. The van der Waals surface area contributed by atoms with Gasteiger partial charge in [-0.1, -0.05) is 0 Å². The minimum absolute atomic E-state index is 0.127. The van der Waals surface area contributed by atoms with E-state index in [1.807, 2.05) is 37.3 Å². The average Bonchev–Trinajstić information content (AvgIpc) is 2.82. The summed E-state index contributed by atoms with van der Waals surface area (Å²) in [6.45, 7) is 1.86. The van der Waals surface area contributed by atoms with Crippen molar-refractivity contribution in [3.8, 4) is 5.75 Å². The van der Waals surface area contributed by atoms with Crippen LogP contribution in [-0.4, -0.2) is 23.1 Å². The highest BCUT2D eigenvalue weighted by molar-refractivity contribution is 5.99. The number of aromatic nitrogens is 2. The topological polar surface area (TPSA) is 100 Å². The predicted octanol–water partition coefficient (Wildman–Crippen LogP) is 6.20. The lowest BCUT2D eigenvalue weighted by Gasteiger charge is -2.11. The number of hydrogen-bond donors (Lipinski definition) is 4. The first-order valence-corrected chi connectivity index (χ1v) is 10.5. The Morgan fingerprint density at radius 3 is 2.14 bits per heavy atom. The van der Waals surface area contributed by atoms with Gasteiger partial charge in [0.2, 0.25) is 5.95 Å². The van der Waals surface area contributed by atoms with Crippen molar-refractivity contribution in [3.05, 3.63) is 90.1 Å². The molecule has 0 atom stereocenters. The second-order valence-electron chi connectivity index (χ2n) is 7.48. The zero-order valence-electron chi connectivity index (χ0n) is 18.9. The van der Waals surface area contributed by atoms with Gasteiger partial charge in [0, 0.05) is 34.9 Å². The highest BCUT2D eigenvalue weighted by atomic mass is 19.1. The van der Waals surface area contributed by atoms with Gasteiger partial charge >= 0.3 is 6.03 Å². The second kappa shape index (κ2) is 10.5. The number of carbonyl (C=O) groups excluding carboxylic acids is 1. The largest absolute Gasteiger partial charge is 0.497 e. The number of benzene rings is 3. The summed E-state index contributed by atoms with van der Waals surface area (Å²) in [6.07, 6.45) is 0. The number of halogens is 2. The Labute approximate surface area is 200 Å². The second-order valence-corrected chi connectivity index (χ2v) is 7.48. The molecular formula is C25H22F2N6O2. The summed E-state index contributed by atoms with van der Waals surface area (Å²) in [5, 5.41) is 11.3. The van der Waals surface area contributed by atoms with Crippen molar-refractivity contribution in [1.29, 1.82) is 0 Å². The Morgan fingerprint density at radius 2 is 1.46 bits per heavy atom. The maximum atomic E-state index is 13.7. The van der Waals surface area contributed by atoms with Gasteiger partial charge in [0.25, 0.3) is 0 Å². The summed E-state index contributed by atoms with van der Waals surface area (Å²) in [7, 11) is 1.61. The lowest BCUT2D eigenvalue weighted by molar-refractivity contribution is 0.262. The van der Waals surface area contributed by atoms with Crippen molar-refractivity contribution in [1.82, 2.24) is 9.97 Å². The molecule has 1 heterocycles. The third-order valence-electron chi connectivity index (χ3n) is 4.79. The molecule has 4 N–H and O–H groups in total. The quantitative estimate of drug-likeness (QED) is 0.253. The number of hydrogen-bond acceptors (Lipinski definition) is 6. The summed E-state index contributed by atoms with van der Waals surface area (Å²) in [5.74, 6) is 0.186. The molecule has 0 aliphatic carbocycles. The van der Waals surface area contributed by atoms with Crippen molar-refractivity contribution >= 4 is 40.5 Å². The monoisotopic (exact) mass is 476 g/mol. The maximum Gasteiger partial charge on any atom is 0.323 e. The predicted molar refractivity (Wildman–Crippen MR) is 132 cm³/mol. The van der Waals surface area contributed by atoms with E-state index in [1.165, 1.54) is 0 Å². The molecule has 4 aromatic rings. The number of nitrogens with one attached hydrogen (secondary N) is 4. The normalized spacial score (nSPS) is 10.4. The summed E-state index contributed by atoms with van der Waals surface area (Å²) in [6, 6.07) is 18.3. The van der Waals surface area contributed by atoms with Crippen molar-refractivity contribution in [2.75, 3.05) is 28.4 Å². The lowest BCUT2D eigenvalue weighted by Crippen LogP contribution is -2.20. The Balaban J connectivity index is 1.38. The third kappa shape index (κ3) is 6.41. The van der Waals surface area contributed by atoms with E-state index in [4.69, 9.17) is 4.74 Å². The molecule has 178 valence electrons. The van der Waals surface area contributed by atoms with Crippen molar-refractivity contribution < 1.29 is 18.3 Å². The van der Waals surface area contributed by atoms with Gasteiger partial charge in [0.05, 0.1) is 12.8 Å². The number of aryl methyl sites for hydroxylation is 1. The first kappa shape index (κ1) is 23.4. The Kier molecular flexibility index (Phi) is 7.01. The number of ether oxygens (including phenoxy) is 1. The molecule has 0 spiro atoms. The minimum atomic E-state index is -0.862. The van der Waals surface area contributed by atoms with Crippen LogP contribution in [0.4, 0.5) is 48.1 Å². The van der Waals surface area contributed by atoms with E-state index in [1.54, 1.807) is 31.4 Å². The molecule has 0 unspecified atom stereocenters. The molecule has 2 amide bonds. The summed E-state index contributed by atoms with van der Waals surface area (Å²) >= 11 is 0. The van der Waals surface area contributed by atoms with Gasteiger partial charge in [-0.25, -0.2) is 18.6 Å². The van der Waals surface area contributed by atoms with Gasteiger partial charge in [0.15, 0.2) is 0 Å². The SMILES string of the molecule is COc1ccc(Nc2cc(C)nc(Nc3ccc(NC(=O)Nc4ccc(F)cc4F)cc3)n2)cc1. The van der Waals surface area contributed by atoms with Gasteiger partial charge < -0.3 is 26.0 Å². The van der Waals surface area contributed by atoms with E-state index in [9.17, 15) is 13.6 Å². The van der Waals surface area contributed by atoms with Crippen LogP contribution in [0.3, 0.4) is 0 Å². The van der Waals surface area contributed by atoms with Crippen molar-refractivity contribution in [2.24, 2.45) is 0 Å². The van der Waals surface area contributed by atoms with E-state index >= 15 is 0 Å². The molecular weight excluding hydrogens is 454 g/mol. The van der Waals surface area contributed by atoms with Gasteiger partial charge in [-0.3, -0.25) is 0 Å². The first-order valence-electron chi connectivity index (χ1n) is 10.5. The molecule has 0 bridgehead atoms. The van der Waals surface area contributed by atoms with E-state index in [0.29, 0.717) is 29.2 Å². The smallest absolute Gasteiger partial charge is 0.323 e. The van der Waals surface area contributed by atoms with Gasteiger partial charge in [0.1, 0.15) is 23.2 Å². The average molecular weight is 476 g/mol. The molecule has 0 saturated carbocycles. The van der Waals surface area contributed by atoms with Crippen molar-refractivity contribution in [2.45, 2.75) is 6.92 Å². The maximum absolute atomic E-state index is 13.7. The molecule has 10 heteroatoms. The van der Waals surface area contributed by atoms with Gasteiger partial charge in [-0.2, -0.15) is 4.98 Å². The van der Waals surface area contributed by atoms with Crippen LogP contribution < -0.4 is 26.0 Å². The van der Waals surface area contributed by atoms with E-state index < -0.39 is 17.7 Å². The van der Waals surface area contributed by atoms with Gasteiger partial charge in [-0.15, -0.1) is 0 Å². The lowest BCUT2D eigenvalue weighted by atomic mass is 10.2. The van der Waals surface area contributed by atoms with Crippen LogP contribution in [0.2, 0.25) is 0 Å². The number of methoxy groups -OCH3 is 1. The molecule has 3 aromatic carbocycles. The molecule has 35 heavy (non-hydrogen) atoms. The number of carbonyl (C=O) groups is 1. The molecule has 0 radical (unpaired) electrons. The van der Waals surface area contributed by atoms with E-state index in [-0.39, 0.29) is 5.69 Å². The summed E-state index contributed by atoms with van der Waals surface area (Å²) in [4.78, 5) is 21.0. The van der Waals surface area contributed by atoms with Crippen LogP contribution >= 0.6 is 0 Å². The zero-order valence-corrected chi connectivity index (χ0v) is 18.9. The number of amides is 2. The molecule has 0 aliphatic rings. The standard InChI is InChI=1S/C25H22F2N6O2/c1-15-13-23(29-17-8-10-20(35-2)11-9-17)33-24(28-15)30-18-4-6-19(7-5-18)31-25(34)32-22-12-3-16(26)14-21(22)27/h3-14H,1-2H3,(H2,31,32,34)(H2,28,29,30,33). The molecule has 0 aliphatic heterocycles. The third-order valence-corrected chi connectivity index (χ3v) is 4.79. The van der Waals surface area contributed by atoms with Gasteiger partial charge in [-0.05, 0) is 67.6 Å². The molecule has 0 fully saturated rings. The highest BCUT2D eigenvalue weighted by Gasteiger charge is 2.09. The van der Waals surface area contributed by atoms with E-state index in [2.05, 4.69) is 31.2 Å². The fraction of sp³-hybridized carbons (Fsp3) is 0.0800. The molecule has 0 saturated heterocycles.